The number of nitrogens with one attached hydrogen (secondary N) is 1. The van der Waals surface area contributed by atoms with Gasteiger partial charge in [-0.15, -0.1) is 0 Å². The Morgan fingerprint density at radius 1 is 1.04 bits per heavy atom. The zero-order valence-corrected chi connectivity index (χ0v) is 15.9. The second kappa shape index (κ2) is 7.80. The first kappa shape index (κ1) is 19.1. The fourth-order valence-electron chi connectivity index (χ4n) is 2.66. The zero-order chi connectivity index (χ0) is 18.6. The van der Waals surface area contributed by atoms with Crippen molar-refractivity contribution in [2.75, 3.05) is 18.4 Å². The highest BCUT2D eigenvalue weighted by Gasteiger charge is 2.22. The van der Waals surface area contributed by atoms with Gasteiger partial charge in [-0.3, -0.25) is 4.79 Å². The molecule has 0 spiro atoms. The molecule has 2 aromatic rings. The van der Waals surface area contributed by atoms with E-state index >= 15 is 0 Å². The molecule has 1 N–H and O–H groups in total. The standard InChI is InChI=1S/C19H24N2O3S/c1-5-21(6-2)25(23,24)17-9-7-8-16(13-17)19(22)20-18-11-10-14(3)12-15(18)4/h7-13H,5-6H2,1-4H3,(H,20,22). The Balaban J connectivity index is 2.30. The molecule has 5 nitrogen and oxygen atoms in total. The summed E-state index contributed by atoms with van der Waals surface area (Å²) >= 11 is 0. The van der Waals surface area contributed by atoms with Crippen LogP contribution in [-0.2, 0) is 10.0 Å². The van der Waals surface area contributed by atoms with Gasteiger partial charge in [0.1, 0.15) is 0 Å². The van der Waals surface area contributed by atoms with Gasteiger partial charge in [0.05, 0.1) is 4.90 Å². The van der Waals surface area contributed by atoms with Crippen LogP contribution in [0.4, 0.5) is 5.69 Å². The van der Waals surface area contributed by atoms with Gasteiger partial charge in [-0.2, -0.15) is 4.31 Å². The van der Waals surface area contributed by atoms with Gasteiger partial charge >= 0.3 is 0 Å². The molecule has 0 bridgehead atoms. The van der Waals surface area contributed by atoms with E-state index < -0.39 is 10.0 Å². The normalized spacial score (nSPS) is 11.6. The number of sulfonamides is 1. The fraction of sp³-hybridized carbons (Fsp3) is 0.316. The van der Waals surface area contributed by atoms with E-state index in [9.17, 15) is 13.2 Å². The molecule has 0 atom stereocenters. The average Bonchev–Trinajstić information content (AvgIpc) is 2.58. The molecule has 0 unspecified atom stereocenters. The van der Waals surface area contributed by atoms with Crippen molar-refractivity contribution in [3.63, 3.8) is 0 Å². The molecular weight excluding hydrogens is 336 g/mol. The van der Waals surface area contributed by atoms with E-state index in [0.717, 1.165) is 11.1 Å². The Kier molecular flexibility index (Phi) is 5.98. The molecule has 0 radical (unpaired) electrons. The molecule has 0 fully saturated rings. The molecule has 0 saturated heterocycles. The van der Waals surface area contributed by atoms with Crippen LogP contribution in [0.3, 0.4) is 0 Å². The van der Waals surface area contributed by atoms with Crippen molar-refractivity contribution in [2.45, 2.75) is 32.6 Å². The zero-order valence-electron chi connectivity index (χ0n) is 15.0. The number of hydrogen-bond donors (Lipinski definition) is 1. The third-order valence-electron chi connectivity index (χ3n) is 4.07. The van der Waals surface area contributed by atoms with Crippen molar-refractivity contribution in [3.8, 4) is 0 Å². The van der Waals surface area contributed by atoms with Crippen molar-refractivity contribution < 1.29 is 13.2 Å². The van der Waals surface area contributed by atoms with Gasteiger partial charge in [0.25, 0.3) is 5.91 Å². The Bertz CT molecular complexity index is 872. The van der Waals surface area contributed by atoms with E-state index in [1.54, 1.807) is 26.0 Å². The molecule has 1 amide bonds. The summed E-state index contributed by atoms with van der Waals surface area (Å²) < 4.78 is 26.6. The molecule has 0 aromatic heterocycles. The van der Waals surface area contributed by atoms with Crippen molar-refractivity contribution in [2.24, 2.45) is 0 Å². The van der Waals surface area contributed by atoms with Crippen LogP contribution >= 0.6 is 0 Å². The maximum Gasteiger partial charge on any atom is 0.255 e. The Morgan fingerprint density at radius 3 is 2.32 bits per heavy atom. The van der Waals surface area contributed by atoms with E-state index in [0.29, 0.717) is 24.3 Å². The predicted octanol–water partition coefficient (Wildman–Crippen LogP) is 3.59. The molecule has 2 aromatic carbocycles. The summed E-state index contributed by atoms with van der Waals surface area (Å²) in [6.07, 6.45) is 0. The number of rotatable bonds is 6. The van der Waals surface area contributed by atoms with Crippen LogP contribution in [0.25, 0.3) is 0 Å². The second-order valence-corrected chi connectivity index (χ2v) is 7.83. The molecule has 0 saturated carbocycles. The summed E-state index contributed by atoms with van der Waals surface area (Å²) in [5.41, 5.74) is 3.10. The summed E-state index contributed by atoms with van der Waals surface area (Å²) in [4.78, 5) is 12.6. The van der Waals surface area contributed by atoms with E-state index in [1.165, 1.54) is 16.4 Å². The van der Waals surface area contributed by atoms with Crippen LogP contribution in [0.2, 0.25) is 0 Å². The largest absolute Gasteiger partial charge is 0.322 e. The minimum absolute atomic E-state index is 0.129. The lowest BCUT2D eigenvalue weighted by Gasteiger charge is -2.18. The number of carbonyl (C=O) groups is 1. The summed E-state index contributed by atoms with van der Waals surface area (Å²) in [6.45, 7) is 8.26. The first-order valence-electron chi connectivity index (χ1n) is 8.28. The molecule has 0 heterocycles. The number of anilines is 1. The lowest BCUT2D eigenvalue weighted by molar-refractivity contribution is 0.102. The molecule has 6 heteroatoms. The SMILES string of the molecule is CCN(CC)S(=O)(=O)c1cccc(C(=O)Nc2ccc(C)cc2C)c1. The van der Waals surface area contributed by atoms with Crippen LogP contribution in [0, 0.1) is 13.8 Å². The summed E-state index contributed by atoms with van der Waals surface area (Å²) in [7, 11) is -3.59. The number of carbonyl (C=O) groups excluding carboxylic acids is 1. The third-order valence-corrected chi connectivity index (χ3v) is 6.12. The van der Waals surface area contributed by atoms with Gasteiger partial charge in [0.2, 0.25) is 10.0 Å². The van der Waals surface area contributed by atoms with E-state index in [4.69, 9.17) is 0 Å². The summed E-state index contributed by atoms with van der Waals surface area (Å²) in [5.74, 6) is -0.330. The molecule has 2 rings (SSSR count). The minimum atomic E-state index is -3.59. The monoisotopic (exact) mass is 360 g/mol. The molecule has 0 aliphatic rings. The highest BCUT2D eigenvalue weighted by atomic mass is 32.2. The minimum Gasteiger partial charge on any atom is -0.322 e. The van der Waals surface area contributed by atoms with Crippen LogP contribution in [0.15, 0.2) is 47.4 Å². The van der Waals surface area contributed by atoms with Crippen LogP contribution < -0.4 is 5.32 Å². The highest BCUT2D eigenvalue weighted by molar-refractivity contribution is 7.89. The number of hydrogen-bond acceptors (Lipinski definition) is 3. The van der Waals surface area contributed by atoms with Crippen LogP contribution in [0.1, 0.15) is 35.3 Å². The quantitative estimate of drug-likeness (QED) is 0.856. The molecule has 0 aliphatic heterocycles. The second-order valence-electron chi connectivity index (χ2n) is 5.89. The molecule has 25 heavy (non-hydrogen) atoms. The van der Waals surface area contributed by atoms with Crippen molar-refractivity contribution in [1.29, 1.82) is 0 Å². The van der Waals surface area contributed by atoms with Gasteiger partial charge < -0.3 is 5.32 Å². The van der Waals surface area contributed by atoms with E-state index in [2.05, 4.69) is 5.32 Å². The van der Waals surface area contributed by atoms with E-state index in [-0.39, 0.29) is 10.8 Å². The summed E-state index contributed by atoms with van der Waals surface area (Å²) in [5, 5.41) is 2.84. The molecule has 0 aliphatic carbocycles. The lowest BCUT2D eigenvalue weighted by Crippen LogP contribution is -2.30. The van der Waals surface area contributed by atoms with Gasteiger partial charge in [-0.1, -0.05) is 37.6 Å². The van der Waals surface area contributed by atoms with Gasteiger partial charge in [-0.25, -0.2) is 8.42 Å². The van der Waals surface area contributed by atoms with Crippen molar-refractivity contribution in [3.05, 3.63) is 59.2 Å². The van der Waals surface area contributed by atoms with Crippen molar-refractivity contribution >= 4 is 21.6 Å². The van der Waals surface area contributed by atoms with Gasteiger partial charge in [-0.05, 0) is 43.7 Å². The Hall–Kier alpha value is -2.18. The topological polar surface area (TPSA) is 66.5 Å². The smallest absolute Gasteiger partial charge is 0.255 e. The Morgan fingerprint density at radius 2 is 1.72 bits per heavy atom. The third kappa shape index (κ3) is 4.27. The molecule has 134 valence electrons. The van der Waals surface area contributed by atoms with Crippen molar-refractivity contribution in [1.82, 2.24) is 4.31 Å². The maximum atomic E-state index is 12.6. The lowest BCUT2D eigenvalue weighted by atomic mass is 10.1. The predicted molar refractivity (Wildman–Crippen MR) is 100 cm³/mol. The summed E-state index contributed by atoms with van der Waals surface area (Å²) in [6, 6.07) is 11.9. The Labute approximate surface area is 149 Å². The van der Waals surface area contributed by atoms with Crippen LogP contribution in [0.5, 0.6) is 0 Å². The number of amides is 1. The highest BCUT2D eigenvalue weighted by Crippen LogP contribution is 2.20. The van der Waals surface area contributed by atoms with Gasteiger partial charge in [0, 0.05) is 24.3 Å². The number of nitrogens with zero attached hydrogens (tertiary/aromatic N) is 1. The number of benzene rings is 2. The average molecular weight is 360 g/mol. The number of aryl methyl sites for hydroxylation is 2. The molecular formula is C19H24N2O3S. The van der Waals surface area contributed by atoms with Crippen LogP contribution in [-0.4, -0.2) is 31.7 Å². The first-order chi connectivity index (χ1) is 11.8. The first-order valence-corrected chi connectivity index (χ1v) is 9.72. The fourth-order valence-corrected chi connectivity index (χ4v) is 4.16. The van der Waals surface area contributed by atoms with Gasteiger partial charge in [0.15, 0.2) is 0 Å². The maximum absolute atomic E-state index is 12.6. The van der Waals surface area contributed by atoms with E-state index in [1.807, 2.05) is 32.0 Å².